The Hall–Kier alpha value is -0.700. The summed E-state index contributed by atoms with van der Waals surface area (Å²) in [5.74, 6) is 4.03. The first kappa shape index (κ1) is 21.3. The number of hydrogen-bond acceptors (Lipinski definition) is 2. The van der Waals surface area contributed by atoms with Gasteiger partial charge in [-0.25, -0.2) is 0 Å². The van der Waals surface area contributed by atoms with Crippen LogP contribution in [-0.2, 0) is 4.79 Å². The van der Waals surface area contributed by atoms with Crippen molar-refractivity contribution in [2.75, 3.05) is 0 Å². The molecule has 2 nitrogen and oxygen atoms in total. The van der Waals surface area contributed by atoms with Crippen LogP contribution in [0.1, 0.15) is 60.3 Å². The fourth-order valence-corrected chi connectivity index (χ4v) is 4.06. The molecule has 1 amide bonds. The highest BCUT2D eigenvalue weighted by atomic mass is 32.2. The lowest BCUT2D eigenvalue weighted by Gasteiger charge is -2.35. The molecule has 1 saturated heterocycles. The average Bonchev–Trinajstić information content (AvgIpc) is 2.45. The van der Waals surface area contributed by atoms with E-state index in [1.54, 1.807) is 11.8 Å². The molecular weight excluding hydrogens is 290 g/mol. The molecule has 2 rings (SSSR count). The third-order valence-electron chi connectivity index (χ3n) is 4.43. The maximum atomic E-state index is 10.3. The first-order valence-electron chi connectivity index (χ1n) is 8.50. The standard InChI is InChI=1S/C11H22.C6H9NOS.C2H4/c1-8(2)11-6-5-9(3)7-10(11)4;1-2-3-9-6-4-5(8)7-6;1-2/h8-11H,5-7H2,1-4H3;2-3,6H,4H2,1H3,(H,7,8);1-2H2/b;3-2-;/t9-,10-,11?;6-;/m10./s1. The Balaban J connectivity index is 0.000000366. The first-order valence-corrected chi connectivity index (χ1v) is 9.44. The van der Waals surface area contributed by atoms with Crippen molar-refractivity contribution in [3.05, 3.63) is 24.6 Å². The summed E-state index contributed by atoms with van der Waals surface area (Å²) in [4.78, 5) is 10.3. The first-order chi connectivity index (χ1) is 10.4. The number of carbonyl (C=O) groups is 1. The Bertz CT molecular complexity index is 332. The molecule has 0 radical (unpaired) electrons. The molecule has 0 aromatic heterocycles. The highest BCUT2D eigenvalue weighted by molar-refractivity contribution is 8.02. The summed E-state index contributed by atoms with van der Waals surface area (Å²) >= 11 is 1.65. The van der Waals surface area contributed by atoms with Crippen LogP contribution in [0, 0.1) is 23.7 Å². The third-order valence-corrected chi connectivity index (χ3v) is 5.47. The number of hydrogen-bond donors (Lipinski definition) is 1. The second-order valence-corrected chi connectivity index (χ2v) is 7.78. The number of carbonyl (C=O) groups excluding carboxylic acids is 1. The summed E-state index contributed by atoms with van der Waals surface area (Å²) in [6.07, 6.45) is 7.04. The second-order valence-electron chi connectivity index (χ2n) is 6.67. The van der Waals surface area contributed by atoms with Crippen molar-refractivity contribution in [3.8, 4) is 0 Å². The van der Waals surface area contributed by atoms with Gasteiger partial charge in [-0.2, -0.15) is 0 Å². The SMILES string of the molecule is C/C=C\S[C@H]1CC(=O)N1.C=C.CC(C)C1CC[C@@H](C)C[C@H]1C. The molecule has 0 spiro atoms. The van der Waals surface area contributed by atoms with E-state index in [2.05, 4.69) is 46.2 Å². The molecular formula is C19H35NOS. The minimum Gasteiger partial charge on any atom is -0.343 e. The maximum absolute atomic E-state index is 10.3. The predicted octanol–water partition coefficient (Wildman–Crippen LogP) is 5.62. The van der Waals surface area contributed by atoms with E-state index in [0.29, 0.717) is 11.8 Å². The molecule has 1 heterocycles. The van der Waals surface area contributed by atoms with Crippen LogP contribution >= 0.6 is 11.8 Å². The molecule has 2 aliphatic rings. The molecule has 2 fully saturated rings. The lowest BCUT2D eigenvalue weighted by molar-refractivity contribution is -0.126. The Morgan fingerprint density at radius 2 is 1.86 bits per heavy atom. The lowest BCUT2D eigenvalue weighted by Crippen LogP contribution is -2.45. The van der Waals surface area contributed by atoms with Crippen molar-refractivity contribution in [1.82, 2.24) is 5.32 Å². The number of allylic oxidation sites excluding steroid dienone is 1. The Labute approximate surface area is 142 Å². The molecule has 4 atom stereocenters. The van der Waals surface area contributed by atoms with Crippen LogP contribution in [0.15, 0.2) is 24.6 Å². The van der Waals surface area contributed by atoms with Crippen LogP contribution in [0.4, 0.5) is 0 Å². The van der Waals surface area contributed by atoms with Crippen molar-refractivity contribution in [3.63, 3.8) is 0 Å². The van der Waals surface area contributed by atoms with E-state index in [1.807, 2.05) is 18.4 Å². The van der Waals surface area contributed by atoms with Crippen LogP contribution < -0.4 is 5.32 Å². The molecule has 1 unspecified atom stereocenters. The zero-order valence-electron chi connectivity index (χ0n) is 15.1. The van der Waals surface area contributed by atoms with E-state index >= 15 is 0 Å². The van der Waals surface area contributed by atoms with Crippen LogP contribution in [0.25, 0.3) is 0 Å². The largest absolute Gasteiger partial charge is 0.343 e. The topological polar surface area (TPSA) is 29.1 Å². The van der Waals surface area contributed by atoms with Crippen molar-refractivity contribution in [2.45, 2.75) is 65.7 Å². The number of β-lactam (4-membered cyclic amide) rings is 1. The van der Waals surface area contributed by atoms with E-state index in [-0.39, 0.29) is 5.91 Å². The quantitative estimate of drug-likeness (QED) is 0.539. The lowest BCUT2D eigenvalue weighted by atomic mass is 9.71. The summed E-state index contributed by atoms with van der Waals surface area (Å²) in [6, 6.07) is 0. The summed E-state index contributed by atoms with van der Waals surface area (Å²) < 4.78 is 0. The van der Waals surface area contributed by atoms with Gasteiger partial charge < -0.3 is 5.32 Å². The monoisotopic (exact) mass is 325 g/mol. The van der Waals surface area contributed by atoms with Crippen molar-refractivity contribution < 1.29 is 4.79 Å². The molecule has 0 aromatic rings. The molecule has 0 bridgehead atoms. The van der Waals surface area contributed by atoms with Gasteiger partial charge in [0.2, 0.25) is 5.91 Å². The van der Waals surface area contributed by atoms with E-state index in [4.69, 9.17) is 0 Å². The molecule has 1 aliphatic heterocycles. The minimum absolute atomic E-state index is 0.164. The van der Waals surface area contributed by atoms with Gasteiger partial charge >= 0.3 is 0 Å². The van der Waals surface area contributed by atoms with Crippen LogP contribution in [0.5, 0.6) is 0 Å². The normalized spacial score (nSPS) is 30.5. The van der Waals surface area contributed by atoms with Gasteiger partial charge in [-0.3, -0.25) is 4.79 Å². The van der Waals surface area contributed by atoms with Crippen molar-refractivity contribution >= 4 is 17.7 Å². The number of nitrogens with one attached hydrogen (secondary N) is 1. The fourth-order valence-electron chi connectivity index (χ4n) is 3.26. The Kier molecular flexibility index (Phi) is 11.4. The molecule has 128 valence electrons. The van der Waals surface area contributed by atoms with Crippen LogP contribution in [0.2, 0.25) is 0 Å². The smallest absolute Gasteiger partial charge is 0.223 e. The van der Waals surface area contributed by atoms with Crippen LogP contribution in [-0.4, -0.2) is 11.3 Å². The average molecular weight is 326 g/mol. The van der Waals surface area contributed by atoms with Gasteiger partial charge in [0.25, 0.3) is 0 Å². The molecule has 1 saturated carbocycles. The molecule has 3 heteroatoms. The zero-order valence-corrected chi connectivity index (χ0v) is 15.9. The fraction of sp³-hybridized carbons (Fsp3) is 0.737. The zero-order chi connectivity index (χ0) is 17.1. The van der Waals surface area contributed by atoms with Crippen molar-refractivity contribution in [1.29, 1.82) is 0 Å². The number of amides is 1. The third kappa shape index (κ3) is 8.07. The van der Waals surface area contributed by atoms with Crippen LogP contribution in [0.3, 0.4) is 0 Å². The van der Waals surface area contributed by atoms with E-state index < -0.39 is 0 Å². The number of rotatable bonds is 3. The van der Waals surface area contributed by atoms with Gasteiger partial charge in [-0.05, 0) is 48.8 Å². The van der Waals surface area contributed by atoms with Gasteiger partial charge in [0.15, 0.2) is 0 Å². The highest BCUT2D eigenvalue weighted by Crippen LogP contribution is 2.37. The summed E-state index contributed by atoms with van der Waals surface area (Å²) in [5.41, 5.74) is 0. The molecule has 1 aliphatic carbocycles. The Morgan fingerprint density at radius 3 is 2.27 bits per heavy atom. The Morgan fingerprint density at radius 1 is 1.27 bits per heavy atom. The molecule has 22 heavy (non-hydrogen) atoms. The molecule has 1 N–H and O–H groups in total. The van der Waals surface area contributed by atoms with Crippen molar-refractivity contribution in [2.24, 2.45) is 23.7 Å². The van der Waals surface area contributed by atoms with Gasteiger partial charge in [0.05, 0.1) is 11.8 Å². The minimum atomic E-state index is 0.164. The summed E-state index contributed by atoms with van der Waals surface area (Å²) in [7, 11) is 0. The summed E-state index contributed by atoms with van der Waals surface area (Å²) in [5, 5.41) is 5.08. The van der Waals surface area contributed by atoms with E-state index in [9.17, 15) is 4.79 Å². The predicted molar refractivity (Wildman–Crippen MR) is 101 cm³/mol. The van der Waals surface area contributed by atoms with Gasteiger partial charge in [-0.1, -0.05) is 40.2 Å². The molecule has 0 aromatic carbocycles. The van der Waals surface area contributed by atoms with Gasteiger partial charge in [-0.15, -0.1) is 24.9 Å². The second kappa shape index (κ2) is 11.8. The van der Waals surface area contributed by atoms with E-state index in [1.165, 1.54) is 19.3 Å². The maximum Gasteiger partial charge on any atom is 0.223 e. The number of thioether (sulfide) groups is 1. The van der Waals surface area contributed by atoms with Gasteiger partial charge in [0.1, 0.15) is 0 Å². The summed E-state index contributed by atoms with van der Waals surface area (Å²) in [6.45, 7) is 17.5. The van der Waals surface area contributed by atoms with Gasteiger partial charge in [0, 0.05) is 0 Å². The highest BCUT2D eigenvalue weighted by Gasteiger charge is 2.27. The van der Waals surface area contributed by atoms with E-state index in [0.717, 1.165) is 23.7 Å².